The van der Waals surface area contributed by atoms with E-state index in [2.05, 4.69) is 5.32 Å². The first-order chi connectivity index (χ1) is 15.1. The summed E-state index contributed by atoms with van der Waals surface area (Å²) in [5, 5.41) is 13.6. The molecular formula is C26H30N2O3. The minimum atomic E-state index is -0.873. The fourth-order valence-corrected chi connectivity index (χ4v) is 3.98. The number of methoxy groups -OCH3 is 1. The Hall–Kier alpha value is -3.15. The van der Waals surface area contributed by atoms with Crippen LogP contribution in [0.15, 0.2) is 84.9 Å². The largest absolute Gasteiger partial charge is 0.497 e. The van der Waals surface area contributed by atoms with Crippen molar-refractivity contribution in [1.29, 1.82) is 0 Å². The van der Waals surface area contributed by atoms with Gasteiger partial charge in [0.15, 0.2) is 0 Å². The predicted molar refractivity (Wildman–Crippen MR) is 123 cm³/mol. The minimum Gasteiger partial charge on any atom is -0.497 e. The number of unbranched alkanes of at least 4 members (excludes halogenated alkanes) is 1. The van der Waals surface area contributed by atoms with Gasteiger partial charge in [-0.3, -0.25) is 10.1 Å². The van der Waals surface area contributed by atoms with Gasteiger partial charge < -0.3 is 15.6 Å². The Morgan fingerprint density at radius 1 is 0.903 bits per heavy atom. The first-order valence-electron chi connectivity index (χ1n) is 10.6. The third-order valence-electron chi connectivity index (χ3n) is 5.57. The average Bonchev–Trinajstić information content (AvgIpc) is 2.82. The lowest BCUT2D eigenvalue weighted by Gasteiger charge is -2.39. The number of benzene rings is 3. The van der Waals surface area contributed by atoms with Gasteiger partial charge in [-0.2, -0.15) is 0 Å². The molecule has 5 heteroatoms. The first kappa shape index (κ1) is 22.5. The molecule has 0 bridgehead atoms. The van der Waals surface area contributed by atoms with E-state index in [1.54, 1.807) is 7.11 Å². The number of ether oxygens (including phenoxy) is 1. The van der Waals surface area contributed by atoms with Crippen molar-refractivity contribution in [3.63, 3.8) is 0 Å². The third-order valence-corrected chi connectivity index (χ3v) is 5.57. The molecule has 3 aromatic carbocycles. The van der Waals surface area contributed by atoms with Gasteiger partial charge in [0.05, 0.1) is 12.6 Å². The lowest BCUT2D eigenvalue weighted by molar-refractivity contribution is -0.140. The molecule has 31 heavy (non-hydrogen) atoms. The monoisotopic (exact) mass is 418 g/mol. The highest BCUT2D eigenvalue weighted by molar-refractivity contribution is 5.74. The summed E-state index contributed by atoms with van der Waals surface area (Å²) in [6, 6.07) is 27.0. The molecule has 0 radical (unpaired) electrons. The molecule has 0 spiro atoms. The van der Waals surface area contributed by atoms with Crippen LogP contribution in [-0.4, -0.2) is 30.8 Å². The first-order valence-corrected chi connectivity index (χ1v) is 10.6. The SMILES string of the molecule is COc1ccc(C(NC(CCCCN)C(=O)O)(c2ccccc2)c2ccccc2)cc1. The summed E-state index contributed by atoms with van der Waals surface area (Å²) in [5.41, 5.74) is 7.67. The molecule has 1 atom stereocenters. The van der Waals surface area contributed by atoms with Crippen molar-refractivity contribution in [3.05, 3.63) is 102 Å². The molecule has 0 aliphatic heterocycles. The molecule has 3 aromatic rings. The van der Waals surface area contributed by atoms with Crippen LogP contribution in [-0.2, 0) is 10.3 Å². The number of carbonyl (C=O) groups is 1. The number of nitrogens with one attached hydrogen (secondary N) is 1. The summed E-state index contributed by atoms with van der Waals surface area (Å²) >= 11 is 0. The fourth-order valence-electron chi connectivity index (χ4n) is 3.98. The maximum atomic E-state index is 12.3. The molecule has 0 aliphatic rings. The molecule has 0 aromatic heterocycles. The van der Waals surface area contributed by atoms with E-state index < -0.39 is 17.6 Å². The van der Waals surface area contributed by atoms with Crippen molar-refractivity contribution in [2.24, 2.45) is 5.73 Å². The second-order valence-electron chi connectivity index (χ2n) is 7.53. The molecule has 0 fully saturated rings. The Kier molecular flexibility index (Phi) is 7.82. The number of nitrogens with two attached hydrogens (primary N) is 1. The maximum absolute atomic E-state index is 12.3. The Labute approximate surface area is 183 Å². The van der Waals surface area contributed by atoms with E-state index >= 15 is 0 Å². The van der Waals surface area contributed by atoms with Gasteiger partial charge in [0.25, 0.3) is 0 Å². The van der Waals surface area contributed by atoms with Gasteiger partial charge in [-0.05, 0) is 48.2 Å². The summed E-state index contributed by atoms with van der Waals surface area (Å²) < 4.78 is 5.35. The molecule has 0 saturated heterocycles. The van der Waals surface area contributed by atoms with Gasteiger partial charge >= 0.3 is 5.97 Å². The zero-order chi connectivity index (χ0) is 22.1. The minimum absolute atomic E-state index is 0.490. The van der Waals surface area contributed by atoms with Crippen molar-refractivity contribution in [2.45, 2.75) is 30.8 Å². The van der Waals surface area contributed by atoms with Gasteiger partial charge in [-0.25, -0.2) is 0 Å². The Morgan fingerprint density at radius 2 is 1.42 bits per heavy atom. The predicted octanol–water partition coefficient (Wildman–Crippen LogP) is 4.16. The number of hydrogen-bond donors (Lipinski definition) is 3. The van der Waals surface area contributed by atoms with Crippen LogP contribution in [0.1, 0.15) is 36.0 Å². The molecule has 4 N–H and O–H groups in total. The van der Waals surface area contributed by atoms with Gasteiger partial charge in [-0.15, -0.1) is 0 Å². The third kappa shape index (κ3) is 5.13. The smallest absolute Gasteiger partial charge is 0.320 e. The Bertz CT molecular complexity index is 904. The van der Waals surface area contributed by atoms with E-state index in [4.69, 9.17) is 10.5 Å². The molecule has 162 valence electrons. The van der Waals surface area contributed by atoms with E-state index in [0.717, 1.165) is 35.3 Å². The van der Waals surface area contributed by atoms with Crippen molar-refractivity contribution in [3.8, 4) is 5.75 Å². The number of rotatable bonds is 11. The van der Waals surface area contributed by atoms with Crippen molar-refractivity contribution >= 4 is 5.97 Å². The van der Waals surface area contributed by atoms with Crippen LogP contribution in [0, 0.1) is 0 Å². The van der Waals surface area contributed by atoms with Crippen molar-refractivity contribution in [2.75, 3.05) is 13.7 Å². The molecular weight excluding hydrogens is 388 g/mol. The second-order valence-corrected chi connectivity index (χ2v) is 7.53. The van der Waals surface area contributed by atoms with Gasteiger partial charge in [0, 0.05) is 0 Å². The zero-order valence-corrected chi connectivity index (χ0v) is 17.8. The zero-order valence-electron chi connectivity index (χ0n) is 17.8. The van der Waals surface area contributed by atoms with Crippen LogP contribution >= 0.6 is 0 Å². The Morgan fingerprint density at radius 3 is 1.87 bits per heavy atom. The topological polar surface area (TPSA) is 84.6 Å². The van der Waals surface area contributed by atoms with E-state index in [0.29, 0.717) is 13.0 Å². The van der Waals surface area contributed by atoms with Crippen molar-refractivity contribution in [1.82, 2.24) is 5.32 Å². The molecule has 1 unspecified atom stereocenters. The van der Waals surface area contributed by atoms with Gasteiger partial charge in [-0.1, -0.05) is 79.2 Å². The average molecular weight is 419 g/mol. The molecule has 0 heterocycles. The van der Waals surface area contributed by atoms with Crippen LogP contribution < -0.4 is 15.8 Å². The van der Waals surface area contributed by atoms with Crippen molar-refractivity contribution < 1.29 is 14.6 Å². The summed E-state index contributed by atoms with van der Waals surface area (Å²) in [5.74, 6) is -0.127. The number of aliphatic carboxylic acids is 1. The normalized spacial score (nSPS) is 12.3. The van der Waals surface area contributed by atoms with E-state index in [-0.39, 0.29) is 0 Å². The summed E-state index contributed by atoms with van der Waals surface area (Å²) in [7, 11) is 1.63. The van der Waals surface area contributed by atoms with Crippen LogP contribution in [0.25, 0.3) is 0 Å². The quantitative estimate of drug-likeness (QED) is 0.322. The summed E-state index contributed by atoms with van der Waals surface area (Å²) in [6.45, 7) is 0.549. The highest BCUT2D eigenvalue weighted by Crippen LogP contribution is 2.38. The van der Waals surface area contributed by atoms with Crippen LogP contribution in [0.2, 0.25) is 0 Å². The lowest BCUT2D eigenvalue weighted by atomic mass is 9.76. The van der Waals surface area contributed by atoms with E-state index in [9.17, 15) is 9.90 Å². The highest BCUT2D eigenvalue weighted by Gasteiger charge is 2.39. The molecule has 0 amide bonds. The molecule has 0 aliphatic carbocycles. The summed E-state index contributed by atoms with van der Waals surface area (Å²) in [4.78, 5) is 12.3. The van der Waals surface area contributed by atoms with Crippen LogP contribution in [0.4, 0.5) is 0 Å². The molecule has 0 saturated carbocycles. The molecule has 5 nitrogen and oxygen atoms in total. The van der Waals surface area contributed by atoms with Crippen LogP contribution in [0.5, 0.6) is 5.75 Å². The number of carboxylic acid groups (broad SMARTS) is 1. The lowest BCUT2D eigenvalue weighted by Crippen LogP contribution is -2.52. The second kappa shape index (κ2) is 10.8. The summed E-state index contributed by atoms with van der Waals surface area (Å²) in [6.07, 6.45) is 2.02. The van der Waals surface area contributed by atoms with Crippen LogP contribution in [0.3, 0.4) is 0 Å². The van der Waals surface area contributed by atoms with Gasteiger partial charge in [0.2, 0.25) is 0 Å². The fraction of sp³-hybridized carbons (Fsp3) is 0.269. The van der Waals surface area contributed by atoms with E-state index in [1.165, 1.54) is 0 Å². The maximum Gasteiger partial charge on any atom is 0.320 e. The highest BCUT2D eigenvalue weighted by atomic mass is 16.5. The van der Waals surface area contributed by atoms with E-state index in [1.807, 2.05) is 84.9 Å². The standard InChI is InChI=1S/C26H30N2O3/c1-31-23-17-15-22(16-18-23)26(20-10-4-2-5-11-20,21-12-6-3-7-13-21)28-24(25(29)30)14-8-9-19-27/h2-7,10-13,15-18,24,28H,8-9,14,19,27H2,1H3,(H,29,30). The van der Waals surface area contributed by atoms with Gasteiger partial charge in [0.1, 0.15) is 11.8 Å². The Balaban J connectivity index is 2.20. The number of carboxylic acids is 1. The number of hydrogen-bond acceptors (Lipinski definition) is 4. The molecule has 3 rings (SSSR count).